The minimum Gasteiger partial charge on any atom is -0.496 e. The number of aliphatic imine (C=N–C) groups is 1. The summed E-state index contributed by atoms with van der Waals surface area (Å²) in [5.41, 5.74) is 0.965. The Morgan fingerprint density at radius 3 is 3.00 bits per heavy atom. The van der Waals surface area contributed by atoms with Crippen molar-refractivity contribution in [3.63, 3.8) is 0 Å². The molecule has 1 aliphatic heterocycles. The Kier molecular flexibility index (Phi) is 3.91. The van der Waals surface area contributed by atoms with Gasteiger partial charge in [0.1, 0.15) is 5.75 Å². The van der Waals surface area contributed by atoms with Crippen LogP contribution in [0.5, 0.6) is 5.75 Å². The van der Waals surface area contributed by atoms with Crippen molar-refractivity contribution in [3.8, 4) is 5.75 Å². The zero-order chi connectivity index (χ0) is 12.1. The summed E-state index contributed by atoms with van der Waals surface area (Å²) in [5.74, 6) is 1.12. The highest BCUT2D eigenvalue weighted by atomic mass is 16.5. The van der Waals surface area contributed by atoms with Crippen LogP contribution in [0.4, 0.5) is 0 Å². The maximum Gasteiger partial charge on any atom is 0.235 e. The molecule has 1 saturated heterocycles. The van der Waals surface area contributed by atoms with Gasteiger partial charge >= 0.3 is 0 Å². The summed E-state index contributed by atoms with van der Waals surface area (Å²) in [7, 11) is 1.63. The van der Waals surface area contributed by atoms with E-state index in [1.807, 2.05) is 24.3 Å². The van der Waals surface area contributed by atoms with Crippen LogP contribution in [0.3, 0.4) is 0 Å². The van der Waals surface area contributed by atoms with Gasteiger partial charge in [0.2, 0.25) is 6.08 Å². The first-order valence-corrected chi connectivity index (χ1v) is 5.77. The van der Waals surface area contributed by atoms with Crippen molar-refractivity contribution in [2.45, 2.75) is 12.5 Å². The number of isocyanates is 1. The van der Waals surface area contributed by atoms with Gasteiger partial charge in [0, 0.05) is 18.0 Å². The van der Waals surface area contributed by atoms with Gasteiger partial charge in [0.15, 0.2) is 0 Å². The molecule has 1 aromatic rings. The van der Waals surface area contributed by atoms with Crippen LogP contribution in [0.25, 0.3) is 0 Å². The number of nitrogens with one attached hydrogen (secondary N) is 1. The van der Waals surface area contributed by atoms with Gasteiger partial charge in [-0.2, -0.15) is 4.99 Å². The largest absolute Gasteiger partial charge is 0.496 e. The SMILES string of the molecule is COc1ccccc1C(N=C=O)C1CCNC1. The second-order valence-electron chi connectivity index (χ2n) is 4.16. The smallest absolute Gasteiger partial charge is 0.235 e. The monoisotopic (exact) mass is 232 g/mol. The fourth-order valence-electron chi connectivity index (χ4n) is 2.34. The number of ether oxygens (including phenoxy) is 1. The van der Waals surface area contributed by atoms with Crippen molar-refractivity contribution >= 4 is 6.08 Å². The molecule has 1 N–H and O–H groups in total. The molecular weight excluding hydrogens is 216 g/mol. The summed E-state index contributed by atoms with van der Waals surface area (Å²) in [6, 6.07) is 7.55. The second kappa shape index (κ2) is 5.62. The highest BCUT2D eigenvalue weighted by molar-refractivity contribution is 5.41. The van der Waals surface area contributed by atoms with E-state index < -0.39 is 0 Å². The zero-order valence-corrected chi connectivity index (χ0v) is 9.85. The van der Waals surface area contributed by atoms with Crippen LogP contribution < -0.4 is 10.1 Å². The van der Waals surface area contributed by atoms with Crippen LogP contribution in [0.2, 0.25) is 0 Å². The van der Waals surface area contributed by atoms with Crippen LogP contribution >= 0.6 is 0 Å². The van der Waals surface area contributed by atoms with E-state index in [9.17, 15) is 4.79 Å². The minimum atomic E-state index is -0.154. The second-order valence-corrected chi connectivity index (χ2v) is 4.16. The summed E-state index contributed by atoms with van der Waals surface area (Å²) < 4.78 is 5.32. The van der Waals surface area contributed by atoms with E-state index in [1.54, 1.807) is 13.2 Å². The van der Waals surface area contributed by atoms with Crippen LogP contribution in [-0.4, -0.2) is 26.3 Å². The van der Waals surface area contributed by atoms with Crippen molar-refractivity contribution in [1.82, 2.24) is 5.32 Å². The number of rotatable bonds is 4. The third kappa shape index (κ3) is 2.54. The number of para-hydroxylation sites is 1. The van der Waals surface area contributed by atoms with E-state index in [1.165, 1.54) is 0 Å². The summed E-state index contributed by atoms with van der Waals surface area (Å²) >= 11 is 0. The molecule has 0 spiro atoms. The summed E-state index contributed by atoms with van der Waals surface area (Å²) in [6.07, 6.45) is 2.71. The lowest BCUT2D eigenvalue weighted by Crippen LogP contribution is -2.15. The maximum absolute atomic E-state index is 10.6. The standard InChI is InChI=1S/C13H16N2O2/c1-17-12-5-3-2-4-11(12)13(15-9-16)10-6-7-14-8-10/h2-5,10,13-14H,6-8H2,1H3. The average Bonchev–Trinajstić information content (AvgIpc) is 2.89. The first-order valence-electron chi connectivity index (χ1n) is 5.77. The third-order valence-electron chi connectivity index (χ3n) is 3.19. The fraction of sp³-hybridized carbons (Fsp3) is 0.462. The molecule has 17 heavy (non-hydrogen) atoms. The number of methoxy groups -OCH3 is 1. The molecule has 1 aromatic carbocycles. The van der Waals surface area contributed by atoms with E-state index >= 15 is 0 Å². The lowest BCUT2D eigenvalue weighted by Gasteiger charge is -2.19. The molecule has 90 valence electrons. The molecule has 1 fully saturated rings. The van der Waals surface area contributed by atoms with Crippen molar-refractivity contribution in [3.05, 3.63) is 29.8 Å². The van der Waals surface area contributed by atoms with E-state index in [-0.39, 0.29) is 6.04 Å². The molecule has 1 heterocycles. The van der Waals surface area contributed by atoms with Crippen LogP contribution in [0, 0.1) is 5.92 Å². The molecule has 2 unspecified atom stereocenters. The van der Waals surface area contributed by atoms with Crippen LogP contribution in [0.15, 0.2) is 29.3 Å². The number of carbonyl (C=O) groups excluding carboxylic acids is 1. The first kappa shape index (κ1) is 11.8. The number of hydrogen-bond acceptors (Lipinski definition) is 4. The van der Waals surface area contributed by atoms with Gasteiger partial charge in [-0.05, 0) is 19.0 Å². The van der Waals surface area contributed by atoms with E-state index in [2.05, 4.69) is 10.3 Å². The molecule has 0 radical (unpaired) electrons. The maximum atomic E-state index is 10.6. The van der Waals surface area contributed by atoms with E-state index in [4.69, 9.17) is 4.74 Å². The lowest BCUT2D eigenvalue weighted by atomic mass is 9.92. The predicted molar refractivity (Wildman–Crippen MR) is 64.8 cm³/mol. The van der Waals surface area contributed by atoms with E-state index in [0.29, 0.717) is 5.92 Å². The highest BCUT2D eigenvalue weighted by Crippen LogP contribution is 2.35. The molecule has 0 bridgehead atoms. The van der Waals surface area contributed by atoms with Crippen molar-refractivity contribution in [2.75, 3.05) is 20.2 Å². The molecular formula is C13H16N2O2. The summed E-state index contributed by atoms with van der Waals surface area (Å²) in [4.78, 5) is 14.6. The Balaban J connectivity index is 2.34. The van der Waals surface area contributed by atoms with Crippen molar-refractivity contribution in [1.29, 1.82) is 0 Å². The lowest BCUT2D eigenvalue weighted by molar-refractivity contribution is 0.391. The number of nitrogens with zero attached hydrogens (tertiary/aromatic N) is 1. The van der Waals surface area contributed by atoms with Gasteiger partial charge in [-0.3, -0.25) is 0 Å². The Labute approximate surface area is 101 Å². The number of hydrogen-bond donors (Lipinski definition) is 1. The molecule has 0 saturated carbocycles. The summed E-state index contributed by atoms with van der Waals surface area (Å²) in [6.45, 7) is 1.86. The van der Waals surface area contributed by atoms with Gasteiger partial charge in [0.05, 0.1) is 13.2 Å². The Morgan fingerprint density at radius 2 is 2.35 bits per heavy atom. The minimum absolute atomic E-state index is 0.154. The average molecular weight is 232 g/mol. The molecule has 2 atom stereocenters. The Morgan fingerprint density at radius 1 is 1.53 bits per heavy atom. The molecule has 1 aliphatic rings. The van der Waals surface area contributed by atoms with Gasteiger partial charge in [-0.1, -0.05) is 18.2 Å². The quantitative estimate of drug-likeness (QED) is 0.634. The molecule has 2 rings (SSSR count). The topological polar surface area (TPSA) is 50.7 Å². The van der Waals surface area contributed by atoms with Gasteiger partial charge in [0.25, 0.3) is 0 Å². The molecule has 0 aliphatic carbocycles. The normalized spacial score (nSPS) is 20.6. The first-order chi connectivity index (χ1) is 8.36. The Bertz CT molecular complexity index is 421. The third-order valence-corrected chi connectivity index (χ3v) is 3.19. The van der Waals surface area contributed by atoms with Gasteiger partial charge in [-0.15, -0.1) is 0 Å². The van der Waals surface area contributed by atoms with Crippen LogP contribution in [0.1, 0.15) is 18.0 Å². The Hall–Kier alpha value is -1.64. The number of benzene rings is 1. The molecule has 4 heteroatoms. The van der Waals surface area contributed by atoms with Crippen LogP contribution in [-0.2, 0) is 4.79 Å². The van der Waals surface area contributed by atoms with E-state index in [0.717, 1.165) is 30.8 Å². The molecule has 0 amide bonds. The van der Waals surface area contributed by atoms with Crippen molar-refractivity contribution < 1.29 is 9.53 Å². The molecule has 0 aromatic heterocycles. The zero-order valence-electron chi connectivity index (χ0n) is 9.85. The van der Waals surface area contributed by atoms with Crippen molar-refractivity contribution in [2.24, 2.45) is 10.9 Å². The predicted octanol–water partition coefficient (Wildman–Crippen LogP) is 1.68. The highest BCUT2D eigenvalue weighted by Gasteiger charge is 2.27. The molecule has 4 nitrogen and oxygen atoms in total. The fourth-order valence-corrected chi connectivity index (χ4v) is 2.34. The summed E-state index contributed by atoms with van der Waals surface area (Å²) in [5, 5.41) is 3.29. The van der Waals surface area contributed by atoms with Gasteiger partial charge < -0.3 is 10.1 Å². The van der Waals surface area contributed by atoms with Gasteiger partial charge in [-0.25, -0.2) is 4.79 Å².